The number of hydrogen-bond acceptors (Lipinski definition) is 4. The van der Waals surface area contributed by atoms with Gasteiger partial charge in [-0.15, -0.1) is 0 Å². The summed E-state index contributed by atoms with van der Waals surface area (Å²) in [5, 5.41) is 0.160. The zero-order valence-corrected chi connectivity index (χ0v) is 14.3. The van der Waals surface area contributed by atoms with Crippen LogP contribution in [0.1, 0.15) is 52.8 Å². The molecule has 0 aliphatic rings. The molecule has 0 saturated heterocycles. The second-order valence-electron chi connectivity index (χ2n) is 5.26. The minimum Gasteiger partial charge on any atom is -0.332 e. The molecule has 3 N–H and O–H groups in total. The van der Waals surface area contributed by atoms with Gasteiger partial charge >= 0.3 is 0 Å². The summed E-state index contributed by atoms with van der Waals surface area (Å²) in [7, 11) is -3.61. The normalized spacial score (nSPS) is 13.0. The molecule has 0 radical (unpaired) electrons. The first-order valence-corrected chi connectivity index (χ1v) is 9.12. The highest BCUT2D eigenvalue weighted by Crippen LogP contribution is 2.29. The third-order valence-corrected chi connectivity index (χ3v) is 6.07. The molecule has 0 unspecified atom stereocenters. The van der Waals surface area contributed by atoms with Gasteiger partial charge in [0.15, 0.2) is 5.03 Å². The maximum absolute atomic E-state index is 13.0. The molecule has 6 nitrogen and oxygen atoms in total. The number of aromatic amines is 1. The molecule has 0 spiro atoms. The molecular formula is C14H28N4O2S. The summed E-state index contributed by atoms with van der Waals surface area (Å²) in [6.45, 7) is 8.65. The molecule has 0 aromatic carbocycles. The van der Waals surface area contributed by atoms with Crippen molar-refractivity contribution in [2.45, 2.75) is 63.9 Å². The summed E-state index contributed by atoms with van der Waals surface area (Å²) in [5.41, 5.74) is 5.40. The number of aryl methyl sites for hydroxylation is 1. The van der Waals surface area contributed by atoms with Crippen LogP contribution < -0.4 is 5.73 Å². The highest BCUT2D eigenvalue weighted by Gasteiger charge is 2.41. The summed E-state index contributed by atoms with van der Waals surface area (Å²) in [6.07, 6.45) is 4.20. The van der Waals surface area contributed by atoms with Crippen LogP contribution in [0.25, 0.3) is 0 Å². The molecule has 1 heterocycles. The minimum atomic E-state index is -3.61. The molecule has 1 rings (SSSR count). The molecule has 0 atom stereocenters. The van der Waals surface area contributed by atoms with E-state index in [1.54, 1.807) is 4.31 Å². The smallest absolute Gasteiger partial charge is 0.260 e. The number of nitrogens with one attached hydrogen (secondary N) is 1. The molecule has 7 heteroatoms. The summed E-state index contributed by atoms with van der Waals surface area (Å²) < 4.78 is 27.5. The third kappa shape index (κ3) is 3.46. The van der Waals surface area contributed by atoms with Crippen LogP contribution in [0, 0.1) is 0 Å². The Hall–Kier alpha value is -0.920. The highest BCUT2D eigenvalue weighted by atomic mass is 32.2. The van der Waals surface area contributed by atoms with Crippen LogP contribution in [0.5, 0.6) is 0 Å². The molecule has 0 saturated carbocycles. The lowest BCUT2D eigenvalue weighted by atomic mass is 9.93. The van der Waals surface area contributed by atoms with Gasteiger partial charge in [-0.25, -0.2) is 13.4 Å². The molecule has 0 aliphatic carbocycles. The van der Waals surface area contributed by atoms with E-state index in [1.165, 1.54) is 6.20 Å². The number of hydrogen-bond donors (Lipinski definition) is 2. The van der Waals surface area contributed by atoms with Crippen LogP contribution >= 0.6 is 0 Å². The molecule has 0 fully saturated rings. The van der Waals surface area contributed by atoms with Crippen molar-refractivity contribution in [2.75, 3.05) is 13.1 Å². The summed E-state index contributed by atoms with van der Waals surface area (Å²) in [5.74, 6) is 0.677. The lowest BCUT2D eigenvalue weighted by Crippen LogP contribution is -2.55. The number of aromatic nitrogens is 2. The van der Waals surface area contributed by atoms with Gasteiger partial charge in [-0.05, 0) is 19.3 Å². The van der Waals surface area contributed by atoms with E-state index in [0.29, 0.717) is 38.2 Å². The Morgan fingerprint density at radius 3 is 2.29 bits per heavy atom. The van der Waals surface area contributed by atoms with Crippen molar-refractivity contribution >= 4 is 10.0 Å². The average molecular weight is 316 g/mol. The lowest BCUT2D eigenvalue weighted by Gasteiger charge is -2.40. The number of rotatable bonds is 9. The van der Waals surface area contributed by atoms with Crippen molar-refractivity contribution < 1.29 is 8.42 Å². The average Bonchev–Trinajstić information content (AvgIpc) is 2.98. The van der Waals surface area contributed by atoms with Gasteiger partial charge in [-0.1, -0.05) is 27.7 Å². The summed E-state index contributed by atoms with van der Waals surface area (Å²) >= 11 is 0. The van der Waals surface area contributed by atoms with Crippen LogP contribution in [-0.4, -0.2) is 41.3 Å². The van der Waals surface area contributed by atoms with Crippen molar-refractivity contribution in [3.63, 3.8) is 0 Å². The number of sulfonamides is 1. The van der Waals surface area contributed by atoms with Crippen molar-refractivity contribution in [3.8, 4) is 0 Å². The highest BCUT2D eigenvalue weighted by molar-refractivity contribution is 7.89. The van der Waals surface area contributed by atoms with Crippen molar-refractivity contribution in [2.24, 2.45) is 5.73 Å². The zero-order valence-electron chi connectivity index (χ0n) is 13.5. The van der Waals surface area contributed by atoms with E-state index in [4.69, 9.17) is 5.73 Å². The standard InChI is InChI=1S/C14H28N4O2S/c1-5-9-18(14(7-3,8-4)11-15)21(19,20)13-10-16-12(6-2)17-13/h10H,5-9,11,15H2,1-4H3,(H,16,17). The van der Waals surface area contributed by atoms with Gasteiger partial charge in [0.2, 0.25) is 0 Å². The van der Waals surface area contributed by atoms with E-state index in [0.717, 1.165) is 6.42 Å². The van der Waals surface area contributed by atoms with E-state index in [1.807, 2.05) is 27.7 Å². The molecule has 0 amide bonds. The Bertz CT molecular complexity index is 527. The number of H-pyrrole nitrogens is 1. The molecular weight excluding hydrogens is 288 g/mol. The van der Waals surface area contributed by atoms with Gasteiger partial charge in [-0.2, -0.15) is 4.31 Å². The van der Waals surface area contributed by atoms with Crippen LogP contribution in [0.3, 0.4) is 0 Å². The predicted octanol–water partition coefficient (Wildman–Crippen LogP) is 1.89. The van der Waals surface area contributed by atoms with Crippen LogP contribution in [-0.2, 0) is 16.4 Å². The van der Waals surface area contributed by atoms with Gasteiger partial charge < -0.3 is 10.7 Å². The van der Waals surface area contributed by atoms with E-state index < -0.39 is 15.6 Å². The third-order valence-electron chi connectivity index (χ3n) is 4.16. The molecule has 1 aromatic heterocycles. The van der Waals surface area contributed by atoms with Crippen LogP contribution in [0.4, 0.5) is 0 Å². The van der Waals surface area contributed by atoms with Gasteiger partial charge in [-0.3, -0.25) is 0 Å². The predicted molar refractivity (Wildman–Crippen MR) is 84.5 cm³/mol. The van der Waals surface area contributed by atoms with Crippen LogP contribution in [0.15, 0.2) is 11.2 Å². The number of nitrogens with two attached hydrogens (primary N) is 1. The largest absolute Gasteiger partial charge is 0.332 e. The second kappa shape index (κ2) is 7.38. The second-order valence-corrected chi connectivity index (χ2v) is 7.09. The quantitative estimate of drug-likeness (QED) is 0.727. The lowest BCUT2D eigenvalue weighted by molar-refractivity contribution is 0.177. The van der Waals surface area contributed by atoms with Gasteiger partial charge in [0, 0.05) is 25.0 Å². The van der Waals surface area contributed by atoms with E-state index in [9.17, 15) is 8.42 Å². The Morgan fingerprint density at radius 1 is 1.29 bits per heavy atom. The Morgan fingerprint density at radius 2 is 1.90 bits per heavy atom. The Balaban J connectivity index is 3.31. The molecule has 0 bridgehead atoms. The first kappa shape index (κ1) is 18.1. The van der Waals surface area contributed by atoms with E-state index in [2.05, 4.69) is 9.97 Å². The molecule has 1 aromatic rings. The number of nitrogens with zero attached hydrogens (tertiary/aromatic N) is 2. The van der Waals surface area contributed by atoms with Gasteiger partial charge in [0.05, 0.1) is 6.20 Å². The molecule has 0 aliphatic heterocycles. The monoisotopic (exact) mass is 316 g/mol. The van der Waals surface area contributed by atoms with Gasteiger partial charge in [0.1, 0.15) is 5.82 Å². The van der Waals surface area contributed by atoms with E-state index in [-0.39, 0.29) is 5.03 Å². The SMILES string of the molecule is CCCN(C(CC)(CC)CN)S(=O)(=O)c1cnc(CC)[nH]1. The first-order valence-electron chi connectivity index (χ1n) is 7.68. The fraction of sp³-hybridized carbons (Fsp3) is 0.786. The molecule has 122 valence electrons. The fourth-order valence-corrected chi connectivity index (χ4v) is 4.52. The minimum absolute atomic E-state index is 0.160. The molecule has 21 heavy (non-hydrogen) atoms. The summed E-state index contributed by atoms with van der Waals surface area (Å²) in [4.78, 5) is 7.02. The fourth-order valence-electron chi connectivity index (χ4n) is 2.58. The van der Waals surface area contributed by atoms with Crippen molar-refractivity contribution in [1.82, 2.24) is 14.3 Å². The number of imidazole rings is 1. The van der Waals surface area contributed by atoms with Gasteiger partial charge in [0.25, 0.3) is 10.0 Å². The first-order chi connectivity index (χ1) is 9.91. The maximum atomic E-state index is 13.0. The Kier molecular flexibility index (Phi) is 6.37. The van der Waals surface area contributed by atoms with Crippen molar-refractivity contribution in [3.05, 3.63) is 12.0 Å². The zero-order chi connectivity index (χ0) is 16.1. The van der Waals surface area contributed by atoms with E-state index >= 15 is 0 Å². The summed E-state index contributed by atoms with van der Waals surface area (Å²) in [6, 6.07) is 0. The topological polar surface area (TPSA) is 92.1 Å². The van der Waals surface area contributed by atoms with Crippen molar-refractivity contribution in [1.29, 1.82) is 0 Å². The van der Waals surface area contributed by atoms with Crippen LogP contribution in [0.2, 0.25) is 0 Å². The Labute approximate surface area is 128 Å². The maximum Gasteiger partial charge on any atom is 0.260 e.